The van der Waals surface area contributed by atoms with Crippen LogP contribution in [0.15, 0.2) is 24.3 Å². The van der Waals surface area contributed by atoms with Crippen molar-refractivity contribution < 1.29 is 14.5 Å². The summed E-state index contributed by atoms with van der Waals surface area (Å²) in [7, 11) is 2.01. The van der Waals surface area contributed by atoms with Crippen LogP contribution in [0.2, 0.25) is 0 Å². The number of piperidine rings is 1. The number of amides is 1. The van der Waals surface area contributed by atoms with Crippen molar-refractivity contribution in [1.29, 1.82) is 0 Å². The van der Waals surface area contributed by atoms with Gasteiger partial charge in [0.25, 0.3) is 5.69 Å². The Hall–Kier alpha value is -2.11. The first-order valence-corrected chi connectivity index (χ1v) is 12.2. The van der Waals surface area contributed by atoms with Crippen molar-refractivity contribution >= 4 is 11.6 Å². The first-order chi connectivity index (χ1) is 15.1. The van der Waals surface area contributed by atoms with E-state index in [4.69, 9.17) is 4.74 Å². The molecule has 1 saturated heterocycles. The number of ether oxygens (including phenoxy) is 1. The fraction of sp³-hybridized carbons (Fsp3) is 0.731. The second-order valence-corrected chi connectivity index (χ2v) is 11.1. The van der Waals surface area contributed by atoms with Gasteiger partial charge in [-0.2, -0.15) is 0 Å². The van der Waals surface area contributed by atoms with E-state index in [-0.39, 0.29) is 21.4 Å². The molecule has 6 heteroatoms. The maximum absolute atomic E-state index is 12.5. The number of nitro benzene ring substituents is 1. The number of nitro groups is 1. The molecule has 7 atom stereocenters. The minimum absolute atomic E-state index is 0.0873. The number of carbonyl (C=O) groups excluding carboxylic acids is 1. The van der Waals surface area contributed by atoms with E-state index in [9.17, 15) is 14.9 Å². The third-order valence-electron chi connectivity index (χ3n) is 9.73. The molecule has 2 aliphatic carbocycles. The van der Waals surface area contributed by atoms with Gasteiger partial charge < -0.3 is 9.64 Å². The van der Waals surface area contributed by atoms with Crippen molar-refractivity contribution in [2.24, 2.45) is 34.5 Å². The largest absolute Gasteiger partial charge is 0.493 e. The van der Waals surface area contributed by atoms with Gasteiger partial charge in [-0.15, -0.1) is 0 Å². The number of likely N-dealkylation sites (tertiary alicyclic amines) is 1. The zero-order chi connectivity index (χ0) is 23.3. The smallest absolute Gasteiger partial charge is 0.269 e. The van der Waals surface area contributed by atoms with E-state index in [0.29, 0.717) is 54.4 Å². The van der Waals surface area contributed by atoms with Crippen molar-refractivity contribution in [2.45, 2.75) is 72.3 Å². The van der Waals surface area contributed by atoms with Gasteiger partial charge in [0.15, 0.2) is 0 Å². The summed E-state index contributed by atoms with van der Waals surface area (Å²) in [6, 6.07) is 6.79. The van der Waals surface area contributed by atoms with Crippen LogP contribution >= 0.6 is 0 Å². The summed E-state index contributed by atoms with van der Waals surface area (Å²) in [4.78, 5) is 25.1. The number of hydrogen-bond donors (Lipinski definition) is 0. The Kier molecular flexibility index (Phi) is 6.01. The fourth-order valence-corrected chi connectivity index (χ4v) is 7.48. The van der Waals surface area contributed by atoms with Gasteiger partial charge in [0.1, 0.15) is 5.75 Å². The number of hydrogen-bond acceptors (Lipinski definition) is 4. The monoisotopic (exact) mass is 442 g/mol. The van der Waals surface area contributed by atoms with Crippen LogP contribution in [0.4, 0.5) is 5.69 Å². The Bertz CT molecular complexity index is 871. The molecule has 6 unspecified atom stereocenters. The molecule has 32 heavy (non-hydrogen) atoms. The first kappa shape index (κ1) is 23.1. The Morgan fingerprint density at radius 2 is 1.91 bits per heavy atom. The fourth-order valence-electron chi connectivity index (χ4n) is 7.48. The van der Waals surface area contributed by atoms with Crippen LogP contribution < -0.4 is 4.74 Å². The number of nitrogens with zero attached hydrogens (tertiary/aromatic N) is 2. The SMILES string of the molecule is CCC1(C)CCC2C(C(C)CC3N(C)C(=O)CC[C@]23C)C1COc1ccc([N+](=O)[O-])cc1. The highest BCUT2D eigenvalue weighted by atomic mass is 16.6. The summed E-state index contributed by atoms with van der Waals surface area (Å²) >= 11 is 0. The Morgan fingerprint density at radius 3 is 2.53 bits per heavy atom. The topological polar surface area (TPSA) is 72.7 Å². The molecule has 3 fully saturated rings. The van der Waals surface area contributed by atoms with Crippen molar-refractivity contribution in [3.05, 3.63) is 34.4 Å². The second kappa shape index (κ2) is 8.35. The van der Waals surface area contributed by atoms with Crippen LogP contribution in [0.1, 0.15) is 66.2 Å². The third kappa shape index (κ3) is 3.69. The predicted molar refractivity (Wildman–Crippen MR) is 124 cm³/mol. The lowest BCUT2D eigenvalue weighted by atomic mass is 9.44. The summed E-state index contributed by atoms with van der Waals surface area (Å²) in [6.45, 7) is 10.2. The highest BCUT2D eigenvalue weighted by molar-refractivity contribution is 5.77. The van der Waals surface area contributed by atoms with Crippen LogP contribution in [0.3, 0.4) is 0 Å². The van der Waals surface area contributed by atoms with Crippen molar-refractivity contribution in [3.8, 4) is 5.75 Å². The van der Waals surface area contributed by atoms with Gasteiger partial charge >= 0.3 is 0 Å². The van der Waals surface area contributed by atoms with Crippen LogP contribution in [0.5, 0.6) is 5.75 Å². The maximum Gasteiger partial charge on any atom is 0.269 e. The standard InChI is InChI=1S/C26H38N2O4/c1-6-25(3)13-11-20-24(17(2)15-22-26(20,4)14-12-23(29)27(22)5)21(25)16-32-19-9-7-18(8-10-19)28(30)31/h7-10,17,20-22,24H,6,11-16H2,1-5H3/t17?,20?,21?,22?,24?,25?,26-/m1/s1. The molecule has 0 spiro atoms. The maximum atomic E-state index is 12.5. The third-order valence-corrected chi connectivity index (χ3v) is 9.73. The van der Waals surface area contributed by atoms with Crippen LogP contribution in [-0.2, 0) is 4.79 Å². The summed E-state index contributed by atoms with van der Waals surface area (Å²) in [5, 5.41) is 11.0. The van der Waals surface area contributed by atoms with Gasteiger partial charge in [0.05, 0.1) is 11.5 Å². The summed E-state index contributed by atoms with van der Waals surface area (Å²) in [5.41, 5.74) is 0.473. The van der Waals surface area contributed by atoms with Crippen LogP contribution in [-0.4, -0.2) is 35.4 Å². The molecule has 6 nitrogen and oxygen atoms in total. The van der Waals surface area contributed by atoms with Crippen molar-refractivity contribution in [3.63, 3.8) is 0 Å². The molecule has 4 rings (SSSR count). The summed E-state index contributed by atoms with van der Waals surface area (Å²) in [5.74, 6) is 3.11. The van der Waals surface area contributed by atoms with Crippen molar-refractivity contribution in [2.75, 3.05) is 13.7 Å². The number of benzene rings is 1. The molecule has 176 valence electrons. The highest BCUT2D eigenvalue weighted by Gasteiger charge is 2.60. The van der Waals surface area contributed by atoms with E-state index in [2.05, 4.69) is 27.7 Å². The van der Waals surface area contributed by atoms with Gasteiger partial charge in [-0.25, -0.2) is 0 Å². The van der Waals surface area contributed by atoms with E-state index in [1.54, 1.807) is 12.1 Å². The molecule has 1 amide bonds. The molecular weight excluding hydrogens is 404 g/mol. The minimum Gasteiger partial charge on any atom is -0.493 e. The lowest BCUT2D eigenvalue weighted by Gasteiger charge is -2.64. The molecule has 0 aromatic heterocycles. The Balaban J connectivity index is 1.60. The molecule has 1 aromatic rings. The van der Waals surface area contributed by atoms with Gasteiger partial charge in [0, 0.05) is 37.6 Å². The van der Waals surface area contributed by atoms with E-state index in [1.165, 1.54) is 25.0 Å². The normalized spacial score (nSPS) is 39.2. The van der Waals surface area contributed by atoms with Gasteiger partial charge in [-0.1, -0.05) is 34.1 Å². The minimum atomic E-state index is -0.379. The molecular formula is C26H38N2O4. The van der Waals surface area contributed by atoms with Gasteiger partial charge in [-0.05, 0) is 66.4 Å². The molecule has 0 radical (unpaired) electrons. The second-order valence-electron chi connectivity index (χ2n) is 11.1. The zero-order valence-corrected chi connectivity index (χ0v) is 20.2. The van der Waals surface area contributed by atoms with E-state index in [1.807, 2.05) is 11.9 Å². The average molecular weight is 443 g/mol. The van der Waals surface area contributed by atoms with Crippen LogP contribution in [0, 0.1) is 44.6 Å². The van der Waals surface area contributed by atoms with E-state index in [0.717, 1.165) is 19.3 Å². The van der Waals surface area contributed by atoms with E-state index >= 15 is 0 Å². The molecule has 0 N–H and O–H groups in total. The first-order valence-electron chi connectivity index (χ1n) is 12.2. The predicted octanol–water partition coefficient (Wildman–Crippen LogP) is 5.70. The highest BCUT2D eigenvalue weighted by Crippen LogP contribution is 2.63. The lowest BCUT2D eigenvalue weighted by Crippen LogP contribution is -2.63. The van der Waals surface area contributed by atoms with Gasteiger partial charge in [-0.3, -0.25) is 14.9 Å². The molecule has 1 aromatic carbocycles. The number of carbonyl (C=O) groups is 1. The van der Waals surface area contributed by atoms with Crippen molar-refractivity contribution in [1.82, 2.24) is 4.90 Å². The molecule has 1 aliphatic heterocycles. The summed E-state index contributed by atoms with van der Waals surface area (Å²) in [6.07, 6.45) is 6.25. The molecule has 0 bridgehead atoms. The quantitative estimate of drug-likeness (QED) is 0.433. The molecule has 1 heterocycles. The number of fused-ring (bicyclic) bond motifs is 3. The zero-order valence-electron chi connectivity index (χ0n) is 20.2. The Morgan fingerprint density at radius 1 is 1.22 bits per heavy atom. The number of rotatable bonds is 5. The average Bonchev–Trinajstić information content (AvgIpc) is 2.77. The Labute approximate surface area is 191 Å². The molecule has 3 aliphatic rings. The number of non-ortho nitro benzene ring substituents is 1. The lowest BCUT2D eigenvalue weighted by molar-refractivity contribution is -0.384. The van der Waals surface area contributed by atoms with Gasteiger partial charge in [0.2, 0.25) is 5.91 Å². The molecule has 2 saturated carbocycles. The van der Waals surface area contributed by atoms with Crippen LogP contribution in [0.25, 0.3) is 0 Å². The summed E-state index contributed by atoms with van der Waals surface area (Å²) < 4.78 is 6.29. The van der Waals surface area contributed by atoms with E-state index < -0.39 is 0 Å².